The van der Waals surface area contributed by atoms with Crippen LogP contribution in [-0.2, 0) is 13.2 Å². The van der Waals surface area contributed by atoms with Crippen LogP contribution in [0, 0.1) is 5.82 Å². The smallest absolute Gasteiger partial charge is 0.143 e. The van der Waals surface area contributed by atoms with Gasteiger partial charge in [0.1, 0.15) is 18.2 Å². The summed E-state index contributed by atoms with van der Waals surface area (Å²) in [4.78, 5) is 0. The zero-order valence-electron chi connectivity index (χ0n) is 9.87. The fraction of sp³-hybridized carbons (Fsp3) is 0.143. The summed E-state index contributed by atoms with van der Waals surface area (Å²) in [6.45, 7) is -0.0320. The van der Waals surface area contributed by atoms with Crippen LogP contribution >= 0.6 is 23.2 Å². The number of benzene rings is 2. The van der Waals surface area contributed by atoms with Gasteiger partial charge in [0.25, 0.3) is 0 Å². The first-order valence-corrected chi connectivity index (χ1v) is 6.32. The Balaban J connectivity index is 2.16. The molecule has 0 aliphatic rings. The molecule has 0 aromatic heterocycles. The van der Waals surface area contributed by atoms with Crippen molar-refractivity contribution in [3.8, 4) is 5.75 Å². The molecule has 0 saturated carbocycles. The van der Waals surface area contributed by atoms with Crippen molar-refractivity contribution in [2.45, 2.75) is 13.2 Å². The maximum absolute atomic E-state index is 13.3. The summed E-state index contributed by atoms with van der Waals surface area (Å²) in [5.74, 6) is -0.0914. The predicted molar refractivity (Wildman–Crippen MR) is 73.1 cm³/mol. The first kappa shape index (κ1) is 14.1. The number of aliphatic hydroxyl groups is 1. The van der Waals surface area contributed by atoms with Crippen LogP contribution in [0.25, 0.3) is 0 Å². The number of hydrogen-bond acceptors (Lipinski definition) is 2. The van der Waals surface area contributed by atoms with Crippen molar-refractivity contribution >= 4 is 23.2 Å². The van der Waals surface area contributed by atoms with E-state index in [1.54, 1.807) is 24.3 Å². The Labute approximate surface area is 120 Å². The van der Waals surface area contributed by atoms with Gasteiger partial charge in [-0.1, -0.05) is 41.4 Å². The molecule has 0 heterocycles. The number of aliphatic hydroxyl groups excluding tert-OH is 1. The molecule has 1 N–H and O–H groups in total. The summed E-state index contributed by atoms with van der Waals surface area (Å²) < 4.78 is 18.8. The highest BCUT2D eigenvalue weighted by Gasteiger charge is 2.08. The molecule has 0 spiro atoms. The predicted octanol–water partition coefficient (Wildman–Crippen LogP) is 4.20. The lowest BCUT2D eigenvalue weighted by atomic mass is 10.2. The first-order chi connectivity index (χ1) is 9.11. The van der Waals surface area contributed by atoms with E-state index in [2.05, 4.69) is 0 Å². The summed E-state index contributed by atoms with van der Waals surface area (Å²) >= 11 is 11.6. The molecule has 2 aromatic carbocycles. The molecule has 0 bridgehead atoms. The third-order valence-corrected chi connectivity index (χ3v) is 3.19. The highest BCUT2D eigenvalue weighted by Crippen LogP contribution is 2.29. The van der Waals surface area contributed by atoms with Gasteiger partial charge < -0.3 is 9.84 Å². The van der Waals surface area contributed by atoms with Gasteiger partial charge >= 0.3 is 0 Å². The van der Waals surface area contributed by atoms with Crippen LogP contribution in [0.3, 0.4) is 0 Å². The SMILES string of the molecule is OCc1cccc(Cl)c1OCc1ccc(Cl)c(F)c1. The van der Waals surface area contributed by atoms with Crippen LogP contribution < -0.4 is 4.74 Å². The van der Waals surface area contributed by atoms with E-state index in [0.29, 0.717) is 21.9 Å². The monoisotopic (exact) mass is 300 g/mol. The Hall–Kier alpha value is -1.29. The standard InChI is InChI=1S/C14H11Cl2FO2/c15-11-5-4-9(6-13(11)17)8-19-14-10(7-18)2-1-3-12(14)16/h1-6,18H,7-8H2. The Morgan fingerprint density at radius 3 is 2.58 bits per heavy atom. The topological polar surface area (TPSA) is 29.5 Å². The second-order valence-electron chi connectivity index (χ2n) is 3.92. The van der Waals surface area contributed by atoms with E-state index < -0.39 is 5.82 Å². The Morgan fingerprint density at radius 1 is 1.11 bits per heavy atom. The van der Waals surface area contributed by atoms with Crippen molar-refractivity contribution in [2.75, 3.05) is 0 Å². The van der Waals surface area contributed by atoms with E-state index in [0.717, 1.165) is 0 Å². The van der Waals surface area contributed by atoms with Crippen LogP contribution in [-0.4, -0.2) is 5.11 Å². The maximum Gasteiger partial charge on any atom is 0.143 e. The van der Waals surface area contributed by atoms with E-state index in [4.69, 9.17) is 27.9 Å². The third-order valence-electron chi connectivity index (χ3n) is 2.59. The zero-order valence-corrected chi connectivity index (χ0v) is 11.4. The van der Waals surface area contributed by atoms with E-state index >= 15 is 0 Å². The van der Waals surface area contributed by atoms with Crippen molar-refractivity contribution in [1.29, 1.82) is 0 Å². The molecule has 0 atom stereocenters. The second kappa shape index (κ2) is 6.24. The lowest BCUT2D eigenvalue weighted by Crippen LogP contribution is -2.00. The molecule has 2 rings (SSSR count). The molecule has 0 saturated heterocycles. The third kappa shape index (κ3) is 3.38. The zero-order chi connectivity index (χ0) is 13.8. The van der Waals surface area contributed by atoms with Gasteiger partial charge in [0.15, 0.2) is 0 Å². The van der Waals surface area contributed by atoms with Gasteiger partial charge in [-0.15, -0.1) is 0 Å². The second-order valence-corrected chi connectivity index (χ2v) is 4.74. The van der Waals surface area contributed by atoms with Gasteiger partial charge in [0.05, 0.1) is 16.7 Å². The number of para-hydroxylation sites is 1. The molecular weight excluding hydrogens is 290 g/mol. The Morgan fingerprint density at radius 2 is 1.89 bits per heavy atom. The average molecular weight is 301 g/mol. The van der Waals surface area contributed by atoms with E-state index in [9.17, 15) is 9.50 Å². The largest absolute Gasteiger partial charge is 0.487 e. The van der Waals surface area contributed by atoms with E-state index in [1.807, 2.05) is 0 Å². The molecule has 0 aliphatic heterocycles. The van der Waals surface area contributed by atoms with Crippen molar-refractivity contribution in [3.05, 3.63) is 63.4 Å². The number of hydrogen-bond donors (Lipinski definition) is 1. The van der Waals surface area contributed by atoms with Crippen LogP contribution in [0.4, 0.5) is 4.39 Å². The molecule has 19 heavy (non-hydrogen) atoms. The molecule has 2 nitrogen and oxygen atoms in total. The summed E-state index contributed by atoms with van der Waals surface area (Å²) in [7, 11) is 0. The van der Waals surface area contributed by atoms with Crippen LogP contribution in [0.5, 0.6) is 5.75 Å². The summed E-state index contributed by atoms with van der Waals surface area (Å²) in [5, 5.41) is 9.68. The summed E-state index contributed by atoms with van der Waals surface area (Å²) in [5.41, 5.74) is 1.22. The molecule has 0 unspecified atom stereocenters. The minimum atomic E-state index is -0.496. The molecule has 0 radical (unpaired) electrons. The summed E-state index contributed by atoms with van der Waals surface area (Å²) in [6, 6.07) is 9.54. The van der Waals surface area contributed by atoms with E-state index in [-0.39, 0.29) is 18.2 Å². The molecule has 2 aromatic rings. The molecule has 5 heteroatoms. The van der Waals surface area contributed by atoms with Crippen LogP contribution in [0.15, 0.2) is 36.4 Å². The lowest BCUT2D eigenvalue weighted by molar-refractivity contribution is 0.259. The van der Waals surface area contributed by atoms with Crippen molar-refractivity contribution in [2.24, 2.45) is 0 Å². The fourth-order valence-corrected chi connectivity index (χ4v) is 1.99. The minimum Gasteiger partial charge on any atom is -0.487 e. The molecule has 100 valence electrons. The maximum atomic E-state index is 13.3. The number of halogens is 3. The van der Waals surface area contributed by atoms with Crippen molar-refractivity contribution < 1.29 is 14.2 Å². The van der Waals surface area contributed by atoms with Crippen LogP contribution in [0.2, 0.25) is 10.0 Å². The van der Waals surface area contributed by atoms with Gasteiger partial charge in [-0.2, -0.15) is 0 Å². The quantitative estimate of drug-likeness (QED) is 0.917. The van der Waals surface area contributed by atoms with Gasteiger partial charge in [-0.25, -0.2) is 4.39 Å². The minimum absolute atomic E-state index is 0.0672. The molecular formula is C14H11Cl2FO2. The molecule has 0 fully saturated rings. The highest BCUT2D eigenvalue weighted by molar-refractivity contribution is 6.32. The number of ether oxygens (including phenoxy) is 1. The normalized spacial score (nSPS) is 10.5. The molecule has 0 amide bonds. The molecule has 0 aliphatic carbocycles. The highest BCUT2D eigenvalue weighted by atomic mass is 35.5. The van der Waals surface area contributed by atoms with Gasteiger partial charge in [0, 0.05) is 5.56 Å². The van der Waals surface area contributed by atoms with Crippen molar-refractivity contribution in [1.82, 2.24) is 0 Å². The van der Waals surface area contributed by atoms with E-state index in [1.165, 1.54) is 12.1 Å². The van der Waals surface area contributed by atoms with Crippen molar-refractivity contribution in [3.63, 3.8) is 0 Å². The number of rotatable bonds is 4. The fourth-order valence-electron chi connectivity index (χ4n) is 1.62. The van der Waals surface area contributed by atoms with Gasteiger partial charge in [0.2, 0.25) is 0 Å². The Bertz CT molecular complexity index is 588. The van der Waals surface area contributed by atoms with Crippen LogP contribution in [0.1, 0.15) is 11.1 Å². The average Bonchev–Trinajstić information content (AvgIpc) is 2.41. The Kier molecular flexibility index (Phi) is 4.64. The van der Waals surface area contributed by atoms with Gasteiger partial charge in [-0.05, 0) is 23.8 Å². The lowest BCUT2D eigenvalue weighted by Gasteiger charge is -2.12. The first-order valence-electron chi connectivity index (χ1n) is 5.57. The summed E-state index contributed by atoms with van der Waals surface area (Å²) in [6.07, 6.45) is 0. The van der Waals surface area contributed by atoms with Gasteiger partial charge in [-0.3, -0.25) is 0 Å².